The molecule has 5 heteroatoms. The van der Waals surface area contributed by atoms with Gasteiger partial charge in [-0.2, -0.15) is 0 Å². The van der Waals surface area contributed by atoms with E-state index in [2.05, 4.69) is 0 Å². The maximum Gasteiger partial charge on any atom is 0.130 e. The number of benzene rings is 1. The normalized spacial score (nSPS) is 27.6. The molecule has 1 N–H and O–H groups in total. The first-order valence-electron chi connectivity index (χ1n) is 5.53. The molecule has 2 rings (SSSR count). The Morgan fingerprint density at radius 3 is 2.71 bits per heavy atom. The van der Waals surface area contributed by atoms with Gasteiger partial charge >= 0.3 is 0 Å². The summed E-state index contributed by atoms with van der Waals surface area (Å²) in [5.41, 5.74) is 0. The summed E-state index contributed by atoms with van der Waals surface area (Å²) in [5, 5.41) is 10.5. The molecule has 1 aliphatic rings. The predicted molar refractivity (Wildman–Crippen MR) is 66.9 cm³/mol. The van der Waals surface area contributed by atoms with E-state index in [4.69, 9.17) is 32.7 Å². The van der Waals surface area contributed by atoms with Crippen molar-refractivity contribution in [3.63, 3.8) is 0 Å². The van der Waals surface area contributed by atoms with Gasteiger partial charge in [0.2, 0.25) is 0 Å². The van der Waals surface area contributed by atoms with E-state index >= 15 is 0 Å². The van der Waals surface area contributed by atoms with E-state index in [9.17, 15) is 5.11 Å². The molecule has 0 radical (unpaired) electrons. The monoisotopic (exact) mass is 276 g/mol. The Morgan fingerprint density at radius 1 is 1.35 bits per heavy atom. The number of halogens is 2. The fraction of sp³-hybridized carbons (Fsp3) is 0.500. The molecule has 0 saturated heterocycles. The molecule has 17 heavy (non-hydrogen) atoms. The average molecular weight is 277 g/mol. The third-order valence-corrected chi connectivity index (χ3v) is 3.50. The number of aliphatic hydroxyl groups is 1. The van der Waals surface area contributed by atoms with Crippen molar-refractivity contribution < 1.29 is 14.6 Å². The summed E-state index contributed by atoms with van der Waals surface area (Å²) in [7, 11) is 0. The van der Waals surface area contributed by atoms with E-state index < -0.39 is 6.10 Å². The van der Waals surface area contributed by atoms with E-state index in [1.807, 2.05) is 6.92 Å². The van der Waals surface area contributed by atoms with E-state index in [1.54, 1.807) is 18.2 Å². The van der Waals surface area contributed by atoms with E-state index in [0.29, 0.717) is 28.8 Å². The quantitative estimate of drug-likeness (QED) is 0.919. The van der Waals surface area contributed by atoms with Crippen molar-refractivity contribution in [1.29, 1.82) is 0 Å². The summed E-state index contributed by atoms with van der Waals surface area (Å²) in [5.74, 6) is 0.640. The van der Waals surface area contributed by atoms with Gasteiger partial charge in [0, 0.05) is 19.1 Å². The van der Waals surface area contributed by atoms with Crippen LogP contribution in [0.5, 0.6) is 5.75 Å². The highest BCUT2D eigenvalue weighted by Gasteiger charge is 2.42. The number of aliphatic hydroxyl groups excluding tert-OH is 1. The minimum absolute atomic E-state index is 0.123. The molecule has 1 fully saturated rings. The van der Waals surface area contributed by atoms with Crippen molar-refractivity contribution in [2.75, 3.05) is 6.61 Å². The van der Waals surface area contributed by atoms with Crippen molar-refractivity contribution in [2.45, 2.75) is 31.7 Å². The molecule has 94 valence electrons. The lowest BCUT2D eigenvalue weighted by atomic mass is 9.88. The largest absolute Gasteiger partial charge is 0.487 e. The number of ether oxygens (including phenoxy) is 2. The van der Waals surface area contributed by atoms with E-state index in [0.717, 1.165) is 0 Å². The molecule has 0 bridgehead atoms. The first-order chi connectivity index (χ1) is 8.11. The van der Waals surface area contributed by atoms with Crippen molar-refractivity contribution in [2.24, 2.45) is 0 Å². The van der Waals surface area contributed by atoms with Crippen molar-refractivity contribution in [1.82, 2.24) is 0 Å². The zero-order valence-corrected chi connectivity index (χ0v) is 10.9. The predicted octanol–water partition coefficient (Wildman–Crippen LogP) is 2.91. The summed E-state index contributed by atoms with van der Waals surface area (Å²) in [6.07, 6.45) is -0.246. The van der Waals surface area contributed by atoms with E-state index in [-0.39, 0.29) is 12.2 Å². The molecule has 1 aliphatic carbocycles. The summed E-state index contributed by atoms with van der Waals surface area (Å²) >= 11 is 11.7. The maximum absolute atomic E-state index is 9.53. The first-order valence-corrected chi connectivity index (χ1v) is 6.28. The number of hydrogen-bond donors (Lipinski definition) is 1. The van der Waals surface area contributed by atoms with Gasteiger partial charge in [0.15, 0.2) is 0 Å². The smallest absolute Gasteiger partial charge is 0.130 e. The third kappa shape index (κ3) is 2.86. The third-order valence-electron chi connectivity index (χ3n) is 2.76. The second-order valence-corrected chi connectivity index (χ2v) is 4.77. The van der Waals surface area contributed by atoms with Gasteiger partial charge in [0.25, 0.3) is 0 Å². The molecule has 0 heterocycles. The lowest BCUT2D eigenvalue weighted by Gasteiger charge is -2.40. The van der Waals surface area contributed by atoms with E-state index in [1.165, 1.54) is 0 Å². The Morgan fingerprint density at radius 2 is 2.12 bits per heavy atom. The van der Waals surface area contributed by atoms with Crippen LogP contribution in [0.4, 0.5) is 0 Å². The highest BCUT2D eigenvalue weighted by Crippen LogP contribution is 2.32. The molecule has 3 nitrogen and oxygen atoms in total. The number of rotatable bonds is 4. The van der Waals surface area contributed by atoms with Crippen molar-refractivity contribution >= 4 is 23.2 Å². The molecule has 3 unspecified atom stereocenters. The summed E-state index contributed by atoms with van der Waals surface area (Å²) in [6, 6.07) is 5.10. The zero-order chi connectivity index (χ0) is 12.4. The van der Waals surface area contributed by atoms with Crippen molar-refractivity contribution in [3.8, 4) is 5.75 Å². The molecule has 0 amide bonds. The van der Waals surface area contributed by atoms with Gasteiger partial charge in [-0.1, -0.05) is 23.2 Å². The van der Waals surface area contributed by atoms with Gasteiger partial charge in [0.05, 0.1) is 16.1 Å². The van der Waals surface area contributed by atoms with Gasteiger partial charge in [0.1, 0.15) is 18.0 Å². The fourth-order valence-electron chi connectivity index (χ4n) is 1.81. The molecule has 3 atom stereocenters. The van der Waals surface area contributed by atoms with Gasteiger partial charge in [-0.15, -0.1) is 0 Å². The van der Waals surface area contributed by atoms with Crippen LogP contribution in [0, 0.1) is 0 Å². The van der Waals surface area contributed by atoms with Gasteiger partial charge in [-0.3, -0.25) is 0 Å². The molecular formula is C12H14Cl2O3. The maximum atomic E-state index is 9.53. The molecule has 0 spiro atoms. The average Bonchev–Trinajstić information content (AvgIpc) is 2.30. The molecular weight excluding hydrogens is 263 g/mol. The Hall–Kier alpha value is -0.480. The number of hydrogen-bond acceptors (Lipinski definition) is 3. The Labute approximate surface area is 110 Å². The molecule has 1 aromatic carbocycles. The van der Waals surface area contributed by atoms with Crippen LogP contribution < -0.4 is 4.74 Å². The van der Waals surface area contributed by atoms with Crippen LogP contribution >= 0.6 is 23.2 Å². The Bertz CT molecular complexity index is 397. The van der Waals surface area contributed by atoms with Crippen LogP contribution in [0.15, 0.2) is 18.2 Å². The van der Waals surface area contributed by atoms with Crippen LogP contribution in [0.1, 0.15) is 13.3 Å². The van der Waals surface area contributed by atoms with Gasteiger partial charge in [-0.05, 0) is 19.1 Å². The molecule has 1 aromatic rings. The SMILES string of the molecule is CCOC1C(O)CC1Oc1ccc(Cl)c(Cl)c1. The van der Waals surface area contributed by atoms with Crippen molar-refractivity contribution in [3.05, 3.63) is 28.2 Å². The zero-order valence-electron chi connectivity index (χ0n) is 9.40. The minimum atomic E-state index is -0.442. The van der Waals surface area contributed by atoms with Crippen LogP contribution in [-0.2, 0) is 4.74 Å². The summed E-state index contributed by atoms with van der Waals surface area (Å²) in [6.45, 7) is 2.45. The molecule has 1 saturated carbocycles. The van der Waals surface area contributed by atoms with Crippen LogP contribution in [0.2, 0.25) is 10.0 Å². The standard InChI is InChI=1S/C12H14Cl2O3/c1-2-16-12-10(15)6-11(12)17-7-3-4-8(13)9(14)5-7/h3-5,10-12,15H,2,6H2,1H3. The van der Waals surface area contributed by atoms with Crippen LogP contribution in [-0.4, -0.2) is 30.0 Å². The highest BCUT2D eigenvalue weighted by atomic mass is 35.5. The minimum Gasteiger partial charge on any atom is -0.487 e. The van der Waals surface area contributed by atoms with Crippen LogP contribution in [0.25, 0.3) is 0 Å². The lowest BCUT2D eigenvalue weighted by molar-refractivity contribution is -0.160. The summed E-state index contributed by atoms with van der Waals surface area (Å²) < 4.78 is 11.1. The fourth-order valence-corrected chi connectivity index (χ4v) is 2.10. The van der Waals surface area contributed by atoms with Crippen LogP contribution in [0.3, 0.4) is 0 Å². The van der Waals surface area contributed by atoms with Gasteiger partial charge in [-0.25, -0.2) is 0 Å². The second-order valence-electron chi connectivity index (χ2n) is 3.96. The molecule has 0 aromatic heterocycles. The Kier molecular flexibility index (Phi) is 4.15. The second kappa shape index (κ2) is 5.44. The lowest BCUT2D eigenvalue weighted by Crippen LogP contribution is -2.55. The topological polar surface area (TPSA) is 38.7 Å². The first kappa shape index (κ1) is 13.0. The Balaban J connectivity index is 1.99. The highest BCUT2D eigenvalue weighted by molar-refractivity contribution is 6.42. The molecule has 0 aliphatic heterocycles. The van der Waals surface area contributed by atoms with Gasteiger partial charge < -0.3 is 14.6 Å². The summed E-state index contributed by atoms with van der Waals surface area (Å²) in [4.78, 5) is 0.